The van der Waals surface area contributed by atoms with Gasteiger partial charge in [-0.3, -0.25) is 0 Å². The molecule has 0 atom stereocenters. The summed E-state index contributed by atoms with van der Waals surface area (Å²) in [7, 11) is -1.33. The molecule has 1 nitrogen and oxygen atoms in total. The highest BCUT2D eigenvalue weighted by molar-refractivity contribution is 9.10. The molecule has 0 radical (unpaired) electrons. The molecule has 0 fully saturated rings. The Morgan fingerprint density at radius 1 is 0.645 bits per heavy atom. The third-order valence-corrected chi connectivity index (χ3v) is 9.37. The van der Waals surface area contributed by atoms with Crippen LogP contribution in [0.15, 0.2) is 95.5 Å². The summed E-state index contributed by atoms with van der Waals surface area (Å²) in [4.78, 5) is 2.35. The number of benzene rings is 4. The fourth-order valence-corrected chi connectivity index (χ4v) is 6.66. The van der Waals surface area contributed by atoms with Crippen molar-refractivity contribution in [1.82, 2.24) is 0 Å². The Balaban J connectivity index is 1.66. The number of halogens is 1. The first-order valence-corrected chi connectivity index (χ1v) is 15.6. The van der Waals surface area contributed by atoms with Crippen LogP contribution in [0.1, 0.15) is 0 Å². The molecule has 0 amide bonds. The van der Waals surface area contributed by atoms with Gasteiger partial charge in [-0.25, -0.2) is 0 Å². The Morgan fingerprint density at radius 2 is 1.32 bits per heavy atom. The second kappa shape index (κ2) is 7.94. The predicted octanol–water partition coefficient (Wildman–Crippen LogP) is 8.83. The number of fused-ring (bicyclic) bond motifs is 3. The number of para-hydroxylation sites is 1. The highest BCUT2D eigenvalue weighted by Crippen LogP contribution is 2.40. The summed E-state index contributed by atoms with van der Waals surface area (Å²) in [5.74, 6) is 0. The first-order chi connectivity index (χ1) is 14.9. The van der Waals surface area contributed by atoms with E-state index in [0.717, 1.165) is 4.47 Å². The molecule has 4 aromatic carbocycles. The van der Waals surface area contributed by atoms with Gasteiger partial charge in [0, 0.05) is 41.7 Å². The van der Waals surface area contributed by atoms with Crippen molar-refractivity contribution in [2.45, 2.75) is 19.6 Å². The predicted molar refractivity (Wildman–Crippen MR) is 145 cm³/mol. The van der Waals surface area contributed by atoms with E-state index in [0.29, 0.717) is 0 Å². The molecule has 5 rings (SSSR count). The van der Waals surface area contributed by atoms with E-state index < -0.39 is 8.07 Å². The maximum atomic E-state index is 3.62. The fraction of sp³-hybridized carbons (Fsp3) is 0.111. The van der Waals surface area contributed by atoms with Gasteiger partial charge in [0.05, 0.1) is 8.07 Å². The minimum atomic E-state index is -1.33. The lowest BCUT2D eigenvalue weighted by molar-refractivity contribution is 1.29. The van der Waals surface area contributed by atoms with E-state index in [2.05, 4.69) is 131 Å². The van der Waals surface area contributed by atoms with Gasteiger partial charge in [0.15, 0.2) is 0 Å². The van der Waals surface area contributed by atoms with Gasteiger partial charge in [0.1, 0.15) is 0 Å². The molecule has 0 saturated heterocycles. The summed E-state index contributed by atoms with van der Waals surface area (Å²) in [5.41, 5.74) is 3.55. The molecule has 1 aromatic heterocycles. The average Bonchev–Trinajstić information content (AvgIpc) is 3.11. The normalized spacial score (nSPS) is 11.9. The molecule has 0 N–H and O–H groups in total. The molecule has 0 aliphatic rings. The van der Waals surface area contributed by atoms with E-state index in [1.807, 2.05) is 11.3 Å². The van der Waals surface area contributed by atoms with Crippen LogP contribution in [-0.4, -0.2) is 8.07 Å². The van der Waals surface area contributed by atoms with Crippen LogP contribution < -0.4 is 10.1 Å². The summed E-state index contributed by atoms with van der Waals surface area (Å²) in [6.45, 7) is 7.18. The minimum Gasteiger partial charge on any atom is -0.310 e. The molecule has 0 aliphatic carbocycles. The van der Waals surface area contributed by atoms with Gasteiger partial charge in [-0.2, -0.15) is 0 Å². The van der Waals surface area contributed by atoms with E-state index in [1.165, 1.54) is 42.4 Å². The third kappa shape index (κ3) is 3.96. The highest BCUT2D eigenvalue weighted by Gasteiger charge is 2.18. The SMILES string of the molecule is C[Si](C)(C)c1ccc(N(c2ccccc2)c2ccc3c(c2)sc2ccc(Br)cc23)cc1. The fourth-order valence-electron chi connectivity index (χ4n) is 4.01. The zero-order valence-electron chi connectivity index (χ0n) is 17.9. The highest BCUT2D eigenvalue weighted by atomic mass is 79.9. The number of hydrogen-bond acceptors (Lipinski definition) is 2. The number of thiophene rings is 1. The zero-order chi connectivity index (χ0) is 21.6. The van der Waals surface area contributed by atoms with Crippen LogP contribution in [0.3, 0.4) is 0 Å². The van der Waals surface area contributed by atoms with Crippen LogP contribution in [0.5, 0.6) is 0 Å². The monoisotopic (exact) mass is 501 g/mol. The summed E-state index contributed by atoms with van der Waals surface area (Å²) < 4.78 is 3.75. The Labute approximate surface area is 197 Å². The van der Waals surface area contributed by atoms with Crippen LogP contribution in [-0.2, 0) is 0 Å². The Bertz CT molecular complexity index is 1370. The molecule has 0 bridgehead atoms. The van der Waals surface area contributed by atoms with Gasteiger partial charge in [-0.05, 0) is 54.6 Å². The molecule has 1 heterocycles. The first kappa shape index (κ1) is 20.5. The summed E-state index contributed by atoms with van der Waals surface area (Å²) in [6, 6.07) is 33.2. The molecule has 5 aromatic rings. The first-order valence-electron chi connectivity index (χ1n) is 10.5. The number of rotatable bonds is 4. The maximum Gasteiger partial charge on any atom is 0.0775 e. The number of hydrogen-bond donors (Lipinski definition) is 0. The molecular weight excluding hydrogens is 478 g/mol. The standard InChI is InChI=1S/C27H24BrNSSi/c1-31(2,3)23-13-10-21(11-14-23)29(20-7-5-4-6-8-20)22-12-15-24-25-17-19(28)9-16-26(25)30-27(24)18-22/h4-18H,1-3H3. The van der Waals surface area contributed by atoms with Gasteiger partial charge in [0.2, 0.25) is 0 Å². The lowest BCUT2D eigenvalue weighted by Gasteiger charge is -2.26. The summed E-state index contributed by atoms with van der Waals surface area (Å²) >= 11 is 5.48. The molecule has 154 valence electrons. The van der Waals surface area contributed by atoms with Crippen molar-refractivity contribution in [3.8, 4) is 0 Å². The summed E-state index contributed by atoms with van der Waals surface area (Å²) in [5, 5.41) is 4.11. The molecule has 0 aliphatic heterocycles. The molecular formula is C27H24BrNSSi. The van der Waals surface area contributed by atoms with Crippen molar-refractivity contribution in [2.24, 2.45) is 0 Å². The van der Waals surface area contributed by atoms with Gasteiger partial charge < -0.3 is 4.90 Å². The van der Waals surface area contributed by atoms with Crippen LogP contribution in [0.25, 0.3) is 20.2 Å². The Kier molecular flexibility index (Phi) is 5.25. The van der Waals surface area contributed by atoms with Gasteiger partial charge in [-0.1, -0.05) is 77.2 Å². The molecule has 4 heteroatoms. The number of anilines is 3. The van der Waals surface area contributed by atoms with E-state index >= 15 is 0 Å². The third-order valence-electron chi connectivity index (χ3n) is 5.68. The maximum absolute atomic E-state index is 3.62. The van der Waals surface area contributed by atoms with Crippen molar-refractivity contribution < 1.29 is 0 Å². The van der Waals surface area contributed by atoms with Gasteiger partial charge >= 0.3 is 0 Å². The molecule has 31 heavy (non-hydrogen) atoms. The van der Waals surface area contributed by atoms with Gasteiger partial charge in [-0.15, -0.1) is 11.3 Å². The van der Waals surface area contributed by atoms with E-state index in [4.69, 9.17) is 0 Å². The second-order valence-electron chi connectivity index (χ2n) is 8.89. The Morgan fingerprint density at radius 3 is 2.03 bits per heavy atom. The number of nitrogens with zero attached hydrogens (tertiary/aromatic N) is 1. The smallest absolute Gasteiger partial charge is 0.0775 e. The lowest BCUT2D eigenvalue weighted by Crippen LogP contribution is -2.37. The van der Waals surface area contributed by atoms with E-state index in [-0.39, 0.29) is 0 Å². The summed E-state index contributed by atoms with van der Waals surface area (Å²) in [6.07, 6.45) is 0. The average molecular weight is 503 g/mol. The molecule has 0 spiro atoms. The topological polar surface area (TPSA) is 3.24 Å². The van der Waals surface area contributed by atoms with E-state index in [9.17, 15) is 0 Å². The van der Waals surface area contributed by atoms with Crippen LogP contribution in [0.4, 0.5) is 17.1 Å². The Hall–Kier alpha value is -2.40. The van der Waals surface area contributed by atoms with Crippen molar-refractivity contribution in [2.75, 3.05) is 4.90 Å². The van der Waals surface area contributed by atoms with Crippen LogP contribution in [0.2, 0.25) is 19.6 Å². The lowest BCUT2D eigenvalue weighted by atomic mass is 10.1. The largest absolute Gasteiger partial charge is 0.310 e. The van der Waals surface area contributed by atoms with Crippen molar-refractivity contribution in [3.05, 3.63) is 95.5 Å². The van der Waals surface area contributed by atoms with Crippen molar-refractivity contribution in [3.63, 3.8) is 0 Å². The molecule has 0 saturated carbocycles. The quantitative estimate of drug-likeness (QED) is 0.222. The van der Waals surface area contributed by atoms with Crippen molar-refractivity contribution >= 4 is 77.8 Å². The van der Waals surface area contributed by atoms with Gasteiger partial charge in [0.25, 0.3) is 0 Å². The molecule has 0 unspecified atom stereocenters. The van der Waals surface area contributed by atoms with Crippen molar-refractivity contribution in [1.29, 1.82) is 0 Å². The van der Waals surface area contributed by atoms with Crippen LogP contribution in [0, 0.1) is 0 Å². The zero-order valence-corrected chi connectivity index (χ0v) is 21.3. The minimum absolute atomic E-state index is 1.12. The second-order valence-corrected chi connectivity index (χ2v) is 16.0. The van der Waals surface area contributed by atoms with E-state index in [1.54, 1.807) is 0 Å². The van der Waals surface area contributed by atoms with Crippen LogP contribution >= 0.6 is 27.3 Å².